The predicted octanol–water partition coefficient (Wildman–Crippen LogP) is 1.64. The lowest BCUT2D eigenvalue weighted by molar-refractivity contribution is 0.0948. The molecule has 0 aliphatic heterocycles. The zero-order valence-corrected chi connectivity index (χ0v) is 7.15. The van der Waals surface area contributed by atoms with E-state index in [0.29, 0.717) is 5.58 Å². The summed E-state index contributed by atoms with van der Waals surface area (Å²) in [6.45, 7) is 0. The van der Waals surface area contributed by atoms with Crippen molar-refractivity contribution in [3.63, 3.8) is 0 Å². The molecule has 0 bridgehead atoms. The average molecular weight is 186 g/mol. The summed E-state index contributed by atoms with van der Waals surface area (Å²) in [5.41, 5.74) is 0.635. The standard InChI is InChI=1S/C10H6N2O2/c11-6-12-10(13)9-5-7-3-1-2-4-8(7)14-9/h1-5H,(H,12,13). The molecule has 2 aromatic rings. The number of furan rings is 1. The lowest BCUT2D eigenvalue weighted by atomic mass is 10.2. The maximum absolute atomic E-state index is 11.2. The van der Waals surface area contributed by atoms with Crippen LogP contribution in [0.4, 0.5) is 0 Å². The van der Waals surface area contributed by atoms with Crippen molar-refractivity contribution in [2.24, 2.45) is 0 Å². The normalized spacial score (nSPS) is 9.64. The molecule has 0 spiro atoms. The van der Waals surface area contributed by atoms with Crippen LogP contribution >= 0.6 is 0 Å². The van der Waals surface area contributed by atoms with E-state index in [1.54, 1.807) is 18.3 Å². The highest BCUT2D eigenvalue weighted by molar-refractivity contribution is 5.96. The number of amides is 1. The minimum Gasteiger partial charge on any atom is -0.451 e. The van der Waals surface area contributed by atoms with Crippen LogP contribution in [0.3, 0.4) is 0 Å². The zero-order chi connectivity index (χ0) is 9.97. The van der Waals surface area contributed by atoms with Gasteiger partial charge >= 0.3 is 0 Å². The van der Waals surface area contributed by atoms with Gasteiger partial charge in [0.25, 0.3) is 5.91 Å². The van der Waals surface area contributed by atoms with E-state index in [0.717, 1.165) is 5.39 Å². The van der Waals surface area contributed by atoms with Crippen LogP contribution in [0.1, 0.15) is 10.6 Å². The van der Waals surface area contributed by atoms with Crippen LogP contribution in [0, 0.1) is 11.5 Å². The number of carbonyl (C=O) groups is 1. The number of nitrogens with zero attached hydrogens (tertiary/aromatic N) is 1. The summed E-state index contributed by atoms with van der Waals surface area (Å²) < 4.78 is 5.22. The molecule has 0 aliphatic carbocycles. The Bertz CT molecular complexity index is 489. The Kier molecular flexibility index (Phi) is 1.92. The topological polar surface area (TPSA) is 66.0 Å². The largest absolute Gasteiger partial charge is 0.451 e. The first-order valence-electron chi connectivity index (χ1n) is 3.99. The van der Waals surface area contributed by atoms with E-state index in [4.69, 9.17) is 9.68 Å². The van der Waals surface area contributed by atoms with Crippen molar-refractivity contribution in [3.8, 4) is 6.19 Å². The van der Waals surface area contributed by atoms with Crippen molar-refractivity contribution >= 4 is 16.9 Å². The third-order valence-electron chi connectivity index (χ3n) is 1.82. The SMILES string of the molecule is N#CNC(=O)c1cc2ccccc2o1. The van der Waals surface area contributed by atoms with Crippen molar-refractivity contribution in [2.75, 3.05) is 0 Å². The monoisotopic (exact) mass is 186 g/mol. The Balaban J connectivity index is 2.46. The molecule has 4 heteroatoms. The molecular formula is C10H6N2O2. The maximum Gasteiger partial charge on any atom is 0.300 e. The number of benzene rings is 1. The molecule has 1 heterocycles. The second-order valence-electron chi connectivity index (χ2n) is 2.71. The quantitative estimate of drug-likeness (QED) is 0.543. The molecule has 1 amide bonds. The highest BCUT2D eigenvalue weighted by Gasteiger charge is 2.10. The van der Waals surface area contributed by atoms with Gasteiger partial charge in [-0.15, -0.1) is 0 Å². The first-order chi connectivity index (χ1) is 6.81. The van der Waals surface area contributed by atoms with Crippen molar-refractivity contribution in [1.82, 2.24) is 5.32 Å². The molecule has 1 aromatic heterocycles. The number of hydrogen-bond donors (Lipinski definition) is 1. The lowest BCUT2D eigenvalue weighted by Gasteiger charge is -1.88. The first-order valence-corrected chi connectivity index (χ1v) is 3.99. The van der Waals surface area contributed by atoms with Crippen LogP contribution in [0.25, 0.3) is 11.0 Å². The van der Waals surface area contributed by atoms with Gasteiger partial charge in [-0.3, -0.25) is 10.1 Å². The highest BCUT2D eigenvalue weighted by Crippen LogP contribution is 2.18. The Labute approximate surface area is 79.7 Å². The fraction of sp³-hybridized carbons (Fsp3) is 0. The second-order valence-corrected chi connectivity index (χ2v) is 2.71. The average Bonchev–Trinajstić information content (AvgIpc) is 2.61. The van der Waals surface area contributed by atoms with Gasteiger partial charge in [0.1, 0.15) is 5.58 Å². The fourth-order valence-corrected chi connectivity index (χ4v) is 1.21. The van der Waals surface area contributed by atoms with Crippen LogP contribution in [0.2, 0.25) is 0 Å². The Morgan fingerprint density at radius 1 is 1.43 bits per heavy atom. The lowest BCUT2D eigenvalue weighted by Crippen LogP contribution is -2.16. The van der Waals surface area contributed by atoms with Gasteiger partial charge in [-0.1, -0.05) is 18.2 Å². The molecule has 0 unspecified atom stereocenters. The van der Waals surface area contributed by atoms with Crippen LogP contribution < -0.4 is 5.32 Å². The maximum atomic E-state index is 11.2. The van der Waals surface area contributed by atoms with E-state index < -0.39 is 5.91 Å². The number of carbonyl (C=O) groups excluding carboxylic acids is 1. The summed E-state index contributed by atoms with van der Waals surface area (Å²) >= 11 is 0. The van der Waals surface area contributed by atoms with E-state index in [2.05, 4.69) is 0 Å². The molecule has 1 aromatic carbocycles. The van der Waals surface area contributed by atoms with Gasteiger partial charge in [0, 0.05) is 5.39 Å². The van der Waals surface area contributed by atoms with Gasteiger partial charge in [-0.25, -0.2) is 0 Å². The molecule has 14 heavy (non-hydrogen) atoms. The minimum atomic E-state index is -0.524. The van der Waals surface area contributed by atoms with Gasteiger partial charge < -0.3 is 4.42 Å². The summed E-state index contributed by atoms with van der Waals surface area (Å²) in [4.78, 5) is 11.2. The molecule has 0 atom stereocenters. The minimum absolute atomic E-state index is 0.146. The van der Waals surface area contributed by atoms with Gasteiger partial charge in [-0.05, 0) is 12.1 Å². The number of rotatable bonds is 1. The molecule has 0 saturated heterocycles. The van der Waals surface area contributed by atoms with Crippen LogP contribution in [0.5, 0.6) is 0 Å². The Morgan fingerprint density at radius 2 is 2.21 bits per heavy atom. The first kappa shape index (κ1) is 8.32. The summed E-state index contributed by atoms with van der Waals surface area (Å²) in [5.74, 6) is -0.378. The van der Waals surface area contributed by atoms with E-state index in [-0.39, 0.29) is 5.76 Å². The summed E-state index contributed by atoms with van der Waals surface area (Å²) in [5, 5.41) is 11.1. The van der Waals surface area contributed by atoms with Crippen molar-refractivity contribution in [2.45, 2.75) is 0 Å². The fourth-order valence-electron chi connectivity index (χ4n) is 1.21. The van der Waals surface area contributed by atoms with Crippen LogP contribution in [-0.4, -0.2) is 5.91 Å². The summed E-state index contributed by atoms with van der Waals surface area (Å²) in [6, 6.07) is 8.87. The third-order valence-corrected chi connectivity index (χ3v) is 1.82. The number of nitriles is 1. The molecule has 0 radical (unpaired) electrons. The Morgan fingerprint density at radius 3 is 2.93 bits per heavy atom. The van der Waals surface area contributed by atoms with Gasteiger partial charge in [0.05, 0.1) is 0 Å². The number of para-hydroxylation sites is 1. The molecule has 0 saturated carbocycles. The number of nitrogens with one attached hydrogen (secondary N) is 1. The molecular weight excluding hydrogens is 180 g/mol. The third kappa shape index (κ3) is 1.31. The zero-order valence-electron chi connectivity index (χ0n) is 7.15. The number of fused-ring (bicyclic) bond motifs is 1. The molecule has 68 valence electrons. The van der Waals surface area contributed by atoms with Crippen LogP contribution in [0.15, 0.2) is 34.7 Å². The predicted molar refractivity (Wildman–Crippen MR) is 49.3 cm³/mol. The smallest absolute Gasteiger partial charge is 0.300 e. The van der Waals surface area contributed by atoms with E-state index >= 15 is 0 Å². The van der Waals surface area contributed by atoms with E-state index in [1.807, 2.05) is 23.5 Å². The highest BCUT2D eigenvalue weighted by atomic mass is 16.3. The molecule has 1 N–H and O–H groups in total. The molecule has 0 aliphatic rings. The molecule has 4 nitrogen and oxygen atoms in total. The molecule has 0 fully saturated rings. The van der Waals surface area contributed by atoms with Gasteiger partial charge in [0.2, 0.25) is 0 Å². The van der Waals surface area contributed by atoms with Gasteiger partial charge in [0.15, 0.2) is 12.0 Å². The second kappa shape index (κ2) is 3.23. The van der Waals surface area contributed by atoms with Gasteiger partial charge in [-0.2, -0.15) is 5.26 Å². The van der Waals surface area contributed by atoms with E-state index in [9.17, 15) is 4.79 Å². The molecule has 2 rings (SSSR count). The van der Waals surface area contributed by atoms with Crippen molar-refractivity contribution in [1.29, 1.82) is 5.26 Å². The summed E-state index contributed by atoms with van der Waals surface area (Å²) in [6.07, 6.45) is 1.55. The van der Waals surface area contributed by atoms with Crippen molar-refractivity contribution in [3.05, 3.63) is 36.1 Å². The van der Waals surface area contributed by atoms with E-state index in [1.165, 1.54) is 0 Å². The van der Waals surface area contributed by atoms with Crippen molar-refractivity contribution < 1.29 is 9.21 Å². The Hall–Kier alpha value is -2.28. The summed E-state index contributed by atoms with van der Waals surface area (Å²) in [7, 11) is 0. The van der Waals surface area contributed by atoms with Crippen LogP contribution in [-0.2, 0) is 0 Å². The number of hydrogen-bond acceptors (Lipinski definition) is 3.